The second-order valence-electron chi connectivity index (χ2n) is 4.83. The molecule has 5 heteroatoms. The fourth-order valence-electron chi connectivity index (χ4n) is 2.05. The van der Waals surface area contributed by atoms with E-state index in [0.29, 0.717) is 6.54 Å². The summed E-state index contributed by atoms with van der Waals surface area (Å²) < 4.78 is 2.68. The molecule has 0 N–H and O–H groups in total. The van der Waals surface area contributed by atoms with Crippen molar-refractivity contribution in [2.24, 2.45) is 5.41 Å². The van der Waals surface area contributed by atoms with Crippen molar-refractivity contribution in [3.8, 4) is 0 Å². The first kappa shape index (κ1) is 15.8. The van der Waals surface area contributed by atoms with Gasteiger partial charge in [0.25, 0.3) is 0 Å². The molecule has 0 spiro atoms. The Kier molecular flexibility index (Phi) is 5.46. The van der Waals surface area contributed by atoms with Crippen LogP contribution >= 0.6 is 28.6 Å². The summed E-state index contributed by atoms with van der Waals surface area (Å²) in [6.07, 6.45) is 2.01. The standard InChI is InChI=1S/C13H21BrN2OS/c1-5-13(6-2,8-18)7-16-10(4)11(14)9(3)15-12(16)17/h18H,5-8H2,1-4H3. The molecule has 0 aromatic carbocycles. The zero-order valence-electron chi connectivity index (χ0n) is 11.5. The molecule has 0 fully saturated rings. The maximum atomic E-state index is 12.0. The van der Waals surface area contributed by atoms with Crippen LogP contribution < -0.4 is 5.69 Å². The molecule has 0 aliphatic rings. The van der Waals surface area contributed by atoms with Gasteiger partial charge >= 0.3 is 5.69 Å². The average molecular weight is 333 g/mol. The minimum atomic E-state index is -0.166. The van der Waals surface area contributed by atoms with Crippen LogP contribution in [-0.2, 0) is 6.54 Å². The van der Waals surface area contributed by atoms with Gasteiger partial charge in [-0.15, -0.1) is 0 Å². The van der Waals surface area contributed by atoms with E-state index in [1.807, 2.05) is 13.8 Å². The van der Waals surface area contributed by atoms with Crippen LogP contribution in [0.15, 0.2) is 9.27 Å². The molecule has 0 aliphatic carbocycles. The Morgan fingerprint density at radius 2 is 1.89 bits per heavy atom. The molecule has 0 radical (unpaired) electrons. The van der Waals surface area contributed by atoms with Crippen molar-refractivity contribution < 1.29 is 0 Å². The van der Waals surface area contributed by atoms with E-state index in [4.69, 9.17) is 0 Å². The Morgan fingerprint density at radius 3 is 2.33 bits per heavy atom. The number of hydrogen-bond acceptors (Lipinski definition) is 3. The van der Waals surface area contributed by atoms with E-state index in [-0.39, 0.29) is 11.1 Å². The predicted molar refractivity (Wildman–Crippen MR) is 82.5 cm³/mol. The van der Waals surface area contributed by atoms with E-state index in [9.17, 15) is 4.79 Å². The third-order valence-corrected chi connectivity index (χ3v) is 5.68. The Labute approximate surface area is 123 Å². The van der Waals surface area contributed by atoms with Gasteiger partial charge in [0.15, 0.2) is 0 Å². The Bertz CT molecular complexity index is 472. The molecular weight excluding hydrogens is 312 g/mol. The maximum absolute atomic E-state index is 12.0. The van der Waals surface area contributed by atoms with Gasteiger partial charge in [-0.25, -0.2) is 4.79 Å². The summed E-state index contributed by atoms with van der Waals surface area (Å²) >= 11 is 7.95. The predicted octanol–water partition coefficient (Wildman–Crippen LogP) is 3.36. The van der Waals surface area contributed by atoms with Crippen LogP contribution in [0.4, 0.5) is 0 Å². The van der Waals surface area contributed by atoms with Gasteiger partial charge in [0, 0.05) is 12.2 Å². The molecule has 0 amide bonds. The summed E-state index contributed by atoms with van der Waals surface area (Å²) in [4.78, 5) is 16.1. The largest absolute Gasteiger partial charge is 0.348 e. The topological polar surface area (TPSA) is 34.9 Å². The quantitative estimate of drug-likeness (QED) is 0.839. The van der Waals surface area contributed by atoms with Crippen molar-refractivity contribution in [2.75, 3.05) is 5.75 Å². The lowest BCUT2D eigenvalue weighted by Gasteiger charge is -2.31. The van der Waals surface area contributed by atoms with Gasteiger partial charge in [-0.1, -0.05) is 13.8 Å². The molecule has 0 saturated heterocycles. The molecule has 1 rings (SSSR count). The highest BCUT2D eigenvalue weighted by Gasteiger charge is 2.26. The number of nitrogens with zero attached hydrogens (tertiary/aromatic N) is 2. The third-order valence-electron chi connectivity index (χ3n) is 3.86. The van der Waals surface area contributed by atoms with Crippen molar-refractivity contribution >= 4 is 28.6 Å². The molecule has 102 valence electrons. The second kappa shape index (κ2) is 6.24. The molecular formula is C13H21BrN2OS. The lowest BCUT2D eigenvalue weighted by molar-refractivity contribution is 0.250. The summed E-state index contributed by atoms with van der Waals surface area (Å²) in [5.41, 5.74) is 1.59. The average Bonchev–Trinajstić information content (AvgIpc) is 2.37. The van der Waals surface area contributed by atoms with E-state index in [1.54, 1.807) is 4.57 Å². The van der Waals surface area contributed by atoms with Crippen molar-refractivity contribution in [2.45, 2.75) is 47.1 Å². The summed E-state index contributed by atoms with van der Waals surface area (Å²) in [6.45, 7) is 8.77. The van der Waals surface area contributed by atoms with Crippen molar-refractivity contribution in [1.82, 2.24) is 9.55 Å². The second-order valence-corrected chi connectivity index (χ2v) is 5.94. The van der Waals surface area contributed by atoms with Crippen LogP contribution in [0.25, 0.3) is 0 Å². The van der Waals surface area contributed by atoms with E-state index >= 15 is 0 Å². The SMILES string of the molecule is CCC(CC)(CS)Cn1c(C)c(Br)c(C)nc1=O. The highest BCUT2D eigenvalue weighted by atomic mass is 79.9. The van der Waals surface area contributed by atoms with Crippen LogP contribution in [0, 0.1) is 19.3 Å². The normalized spacial score (nSPS) is 11.9. The van der Waals surface area contributed by atoms with Gasteiger partial charge in [0.2, 0.25) is 0 Å². The zero-order valence-corrected chi connectivity index (χ0v) is 13.9. The van der Waals surface area contributed by atoms with Crippen molar-refractivity contribution in [1.29, 1.82) is 0 Å². The molecule has 1 aromatic rings. The zero-order chi connectivity index (χ0) is 13.9. The molecule has 1 heterocycles. The van der Waals surface area contributed by atoms with Crippen LogP contribution in [-0.4, -0.2) is 15.3 Å². The van der Waals surface area contributed by atoms with Crippen LogP contribution in [0.3, 0.4) is 0 Å². The van der Waals surface area contributed by atoms with Crippen molar-refractivity contribution in [3.63, 3.8) is 0 Å². The summed E-state index contributed by atoms with van der Waals surface area (Å²) in [7, 11) is 0. The molecule has 0 saturated carbocycles. The number of halogens is 1. The maximum Gasteiger partial charge on any atom is 0.348 e. The summed E-state index contributed by atoms with van der Waals surface area (Å²) in [5, 5.41) is 0. The third kappa shape index (κ3) is 2.99. The van der Waals surface area contributed by atoms with Crippen LogP contribution in [0.5, 0.6) is 0 Å². The van der Waals surface area contributed by atoms with E-state index in [0.717, 1.165) is 34.5 Å². The Balaban J connectivity index is 3.27. The van der Waals surface area contributed by atoms with E-state index in [1.165, 1.54) is 0 Å². The molecule has 3 nitrogen and oxygen atoms in total. The highest BCUT2D eigenvalue weighted by molar-refractivity contribution is 9.10. The molecule has 1 aromatic heterocycles. The fourth-order valence-corrected chi connectivity index (χ4v) is 2.90. The van der Waals surface area contributed by atoms with Crippen molar-refractivity contribution in [3.05, 3.63) is 26.3 Å². The molecule has 0 aliphatic heterocycles. The van der Waals surface area contributed by atoms with Gasteiger partial charge in [0.05, 0.1) is 10.2 Å². The lowest BCUT2D eigenvalue weighted by Crippen LogP contribution is -2.36. The number of aryl methyl sites for hydroxylation is 1. The first-order chi connectivity index (χ1) is 8.40. The lowest BCUT2D eigenvalue weighted by atomic mass is 9.84. The fraction of sp³-hybridized carbons (Fsp3) is 0.692. The smallest absolute Gasteiger partial charge is 0.295 e. The van der Waals surface area contributed by atoms with Gasteiger partial charge in [0.1, 0.15) is 0 Å². The van der Waals surface area contributed by atoms with Gasteiger partial charge in [-0.05, 0) is 53.8 Å². The Morgan fingerprint density at radius 1 is 1.33 bits per heavy atom. The minimum absolute atomic E-state index is 0.0636. The van der Waals surface area contributed by atoms with Crippen LogP contribution in [0.1, 0.15) is 38.1 Å². The minimum Gasteiger partial charge on any atom is -0.295 e. The monoisotopic (exact) mass is 332 g/mol. The Hall–Kier alpha value is -0.290. The number of hydrogen-bond donors (Lipinski definition) is 1. The number of aromatic nitrogens is 2. The number of rotatable bonds is 5. The van der Waals surface area contributed by atoms with Gasteiger partial charge in [-0.2, -0.15) is 17.6 Å². The highest BCUT2D eigenvalue weighted by Crippen LogP contribution is 2.30. The first-order valence-electron chi connectivity index (χ1n) is 6.25. The number of thiol groups is 1. The summed E-state index contributed by atoms with van der Waals surface area (Å²) in [6, 6.07) is 0. The van der Waals surface area contributed by atoms with Crippen LogP contribution in [0.2, 0.25) is 0 Å². The first-order valence-corrected chi connectivity index (χ1v) is 7.67. The molecule has 0 atom stereocenters. The van der Waals surface area contributed by atoms with Gasteiger partial charge in [-0.3, -0.25) is 4.57 Å². The van der Waals surface area contributed by atoms with Gasteiger partial charge < -0.3 is 0 Å². The van der Waals surface area contributed by atoms with E-state index in [2.05, 4.69) is 47.4 Å². The molecule has 18 heavy (non-hydrogen) atoms. The molecule has 0 unspecified atom stereocenters. The molecule has 0 bridgehead atoms. The summed E-state index contributed by atoms with van der Waals surface area (Å²) in [5.74, 6) is 0.775. The van der Waals surface area contributed by atoms with E-state index < -0.39 is 0 Å².